The van der Waals surface area contributed by atoms with Gasteiger partial charge in [-0.1, -0.05) is 18.2 Å². The van der Waals surface area contributed by atoms with Gasteiger partial charge in [0.1, 0.15) is 22.8 Å². The summed E-state index contributed by atoms with van der Waals surface area (Å²) in [6, 6.07) is 15.5. The predicted octanol–water partition coefficient (Wildman–Crippen LogP) is 4.78. The number of rotatable bonds is 6. The summed E-state index contributed by atoms with van der Waals surface area (Å²) in [5.74, 6) is 2.19. The van der Waals surface area contributed by atoms with E-state index < -0.39 is 0 Å². The lowest BCUT2D eigenvalue weighted by Gasteiger charge is -2.07. The Morgan fingerprint density at radius 3 is 2.72 bits per heavy atom. The van der Waals surface area contributed by atoms with E-state index in [1.807, 2.05) is 60.8 Å². The fraction of sp³-hybridized carbons (Fsp3) is 0.182. The third kappa shape index (κ3) is 3.82. The van der Waals surface area contributed by atoms with Gasteiger partial charge in [-0.15, -0.1) is 11.3 Å². The maximum absolute atomic E-state index is 6.05. The van der Waals surface area contributed by atoms with Crippen molar-refractivity contribution in [1.82, 2.24) is 4.68 Å². The van der Waals surface area contributed by atoms with Crippen LogP contribution < -0.4 is 14.3 Å². The van der Waals surface area contributed by atoms with Gasteiger partial charge >= 0.3 is 0 Å². The van der Waals surface area contributed by atoms with Crippen LogP contribution in [0.1, 0.15) is 12.5 Å². The molecule has 29 heavy (non-hydrogen) atoms. The first kappa shape index (κ1) is 19.0. The van der Waals surface area contributed by atoms with E-state index in [2.05, 4.69) is 4.99 Å². The molecule has 0 aliphatic heterocycles. The third-order valence-electron chi connectivity index (χ3n) is 4.41. The molecule has 0 atom stereocenters. The highest BCUT2D eigenvalue weighted by molar-refractivity contribution is 7.07. The van der Waals surface area contributed by atoms with Crippen molar-refractivity contribution in [2.75, 3.05) is 20.8 Å². The third-order valence-corrected chi connectivity index (χ3v) is 5.26. The second-order valence-corrected chi connectivity index (χ2v) is 7.03. The average molecular weight is 407 g/mol. The topological polar surface area (TPSA) is 61.2 Å². The molecule has 0 N–H and O–H groups in total. The molecule has 0 spiro atoms. The molecule has 6 nitrogen and oxygen atoms in total. The molecule has 0 unspecified atom stereocenters. The van der Waals surface area contributed by atoms with Gasteiger partial charge in [0.15, 0.2) is 5.76 Å². The van der Waals surface area contributed by atoms with Gasteiger partial charge in [-0.2, -0.15) is 5.10 Å². The second-order valence-electron chi connectivity index (χ2n) is 6.19. The molecule has 0 bridgehead atoms. The molecule has 0 amide bonds. The molecular formula is C22H21N3O3S. The Labute approximate surface area is 172 Å². The van der Waals surface area contributed by atoms with Crippen LogP contribution in [0.4, 0.5) is 0 Å². The number of aromatic nitrogens is 1. The number of hydrogen-bond acceptors (Lipinski definition) is 6. The van der Waals surface area contributed by atoms with E-state index in [0.29, 0.717) is 12.3 Å². The van der Waals surface area contributed by atoms with Gasteiger partial charge in [0.25, 0.3) is 0 Å². The van der Waals surface area contributed by atoms with Crippen LogP contribution in [0.3, 0.4) is 0 Å². The molecular weight excluding hydrogens is 386 g/mol. The van der Waals surface area contributed by atoms with Crippen LogP contribution in [-0.2, 0) is 0 Å². The quantitative estimate of drug-likeness (QED) is 0.432. The van der Waals surface area contributed by atoms with Crippen LogP contribution in [0.25, 0.3) is 22.4 Å². The summed E-state index contributed by atoms with van der Waals surface area (Å²) >= 11 is 1.52. The van der Waals surface area contributed by atoms with Crippen molar-refractivity contribution in [3.8, 4) is 23.0 Å². The zero-order valence-electron chi connectivity index (χ0n) is 16.5. The minimum Gasteiger partial charge on any atom is -0.497 e. The van der Waals surface area contributed by atoms with Crippen molar-refractivity contribution in [2.45, 2.75) is 6.92 Å². The van der Waals surface area contributed by atoms with E-state index in [-0.39, 0.29) is 0 Å². The lowest BCUT2D eigenvalue weighted by molar-refractivity contribution is 0.402. The summed E-state index contributed by atoms with van der Waals surface area (Å²) in [5, 5.41) is 7.75. The molecule has 0 saturated carbocycles. The van der Waals surface area contributed by atoms with Gasteiger partial charge in [0.05, 0.1) is 20.4 Å². The zero-order valence-corrected chi connectivity index (χ0v) is 17.3. The molecule has 2 aromatic carbocycles. The Morgan fingerprint density at radius 1 is 1.10 bits per heavy atom. The Balaban J connectivity index is 1.82. The number of thiazole rings is 1. The van der Waals surface area contributed by atoms with Crippen LogP contribution in [0.5, 0.6) is 11.5 Å². The Kier molecular flexibility index (Phi) is 5.48. The number of para-hydroxylation sites is 1. The van der Waals surface area contributed by atoms with E-state index in [0.717, 1.165) is 38.5 Å². The number of fused-ring (bicyclic) bond motifs is 1. The number of ether oxygens (including phenoxy) is 2. The maximum Gasteiger partial charge on any atom is 0.206 e. The second kappa shape index (κ2) is 8.36. The first-order chi connectivity index (χ1) is 14.2. The molecule has 7 heteroatoms. The molecule has 0 aliphatic carbocycles. The standard InChI is InChI=1S/C22H21N3O3S/c1-4-23-22-25(24-13-16-11-17(26-2)9-10-19(16)27-3)18(14-29-22)21-12-15-7-5-6-8-20(15)28-21/h5-14H,4H2,1-3H3. The highest BCUT2D eigenvalue weighted by atomic mass is 32.1. The van der Waals surface area contributed by atoms with Crippen LogP contribution in [-0.4, -0.2) is 31.7 Å². The molecule has 148 valence electrons. The lowest BCUT2D eigenvalue weighted by Crippen LogP contribution is -2.12. The highest BCUT2D eigenvalue weighted by Crippen LogP contribution is 2.28. The minimum absolute atomic E-state index is 0.665. The van der Waals surface area contributed by atoms with Gasteiger partial charge < -0.3 is 13.9 Å². The molecule has 2 heterocycles. The molecule has 4 rings (SSSR count). The largest absolute Gasteiger partial charge is 0.497 e. The summed E-state index contributed by atoms with van der Waals surface area (Å²) in [6.07, 6.45) is 1.74. The van der Waals surface area contributed by atoms with E-state index >= 15 is 0 Å². The van der Waals surface area contributed by atoms with Gasteiger partial charge in [-0.05, 0) is 37.3 Å². The van der Waals surface area contributed by atoms with Crippen LogP contribution >= 0.6 is 11.3 Å². The summed E-state index contributed by atoms with van der Waals surface area (Å²) in [5.41, 5.74) is 2.49. The molecule has 4 aromatic rings. The van der Waals surface area contributed by atoms with Crippen LogP contribution in [0.15, 0.2) is 68.4 Å². The summed E-state index contributed by atoms with van der Waals surface area (Å²) < 4.78 is 18.6. The van der Waals surface area contributed by atoms with Gasteiger partial charge in [-0.3, -0.25) is 4.99 Å². The SMILES string of the molecule is CCN=c1scc(-c2cc3ccccc3o2)n1N=Cc1cc(OC)ccc1OC. The molecule has 2 aromatic heterocycles. The molecule has 0 aliphatic rings. The fourth-order valence-electron chi connectivity index (χ4n) is 2.99. The van der Waals surface area contributed by atoms with Crippen molar-refractivity contribution in [3.05, 3.63) is 64.3 Å². The predicted molar refractivity (Wildman–Crippen MR) is 116 cm³/mol. The van der Waals surface area contributed by atoms with Crippen molar-refractivity contribution >= 4 is 28.5 Å². The van der Waals surface area contributed by atoms with Crippen molar-refractivity contribution < 1.29 is 13.9 Å². The zero-order chi connectivity index (χ0) is 20.2. The lowest BCUT2D eigenvalue weighted by atomic mass is 10.2. The monoisotopic (exact) mass is 407 g/mol. The average Bonchev–Trinajstić information content (AvgIpc) is 3.36. The summed E-state index contributed by atoms with van der Waals surface area (Å²) in [4.78, 5) is 5.36. The fourth-order valence-corrected chi connectivity index (χ4v) is 3.88. The first-order valence-corrected chi connectivity index (χ1v) is 10.1. The Morgan fingerprint density at radius 2 is 1.97 bits per heavy atom. The smallest absolute Gasteiger partial charge is 0.206 e. The van der Waals surface area contributed by atoms with E-state index in [4.69, 9.17) is 19.0 Å². The summed E-state index contributed by atoms with van der Waals surface area (Å²) in [7, 11) is 3.27. The number of hydrogen-bond donors (Lipinski definition) is 0. The van der Waals surface area contributed by atoms with E-state index in [1.54, 1.807) is 25.1 Å². The van der Waals surface area contributed by atoms with Gasteiger partial charge in [0, 0.05) is 22.9 Å². The number of methoxy groups -OCH3 is 2. The first-order valence-electron chi connectivity index (χ1n) is 9.20. The Bertz CT molecular complexity index is 1200. The summed E-state index contributed by atoms with van der Waals surface area (Å²) in [6.45, 7) is 2.66. The normalized spacial score (nSPS) is 12.2. The number of benzene rings is 2. The van der Waals surface area contributed by atoms with Crippen molar-refractivity contribution in [3.63, 3.8) is 0 Å². The van der Waals surface area contributed by atoms with Crippen LogP contribution in [0.2, 0.25) is 0 Å². The minimum atomic E-state index is 0.665. The highest BCUT2D eigenvalue weighted by Gasteiger charge is 2.13. The van der Waals surface area contributed by atoms with Crippen molar-refractivity contribution in [1.29, 1.82) is 0 Å². The maximum atomic E-state index is 6.05. The Hall–Kier alpha value is -3.32. The van der Waals surface area contributed by atoms with Crippen molar-refractivity contribution in [2.24, 2.45) is 10.1 Å². The van der Waals surface area contributed by atoms with Gasteiger partial charge in [0.2, 0.25) is 4.80 Å². The molecule has 0 saturated heterocycles. The van der Waals surface area contributed by atoms with E-state index in [1.165, 1.54) is 11.3 Å². The molecule has 0 radical (unpaired) electrons. The number of furan rings is 1. The number of nitrogens with zero attached hydrogens (tertiary/aromatic N) is 3. The van der Waals surface area contributed by atoms with E-state index in [9.17, 15) is 0 Å². The van der Waals surface area contributed by atoms with Crippen LogP contribution in [0, 0.1) is 0 Å². The van der Waals surface area contributed by atoms with Gasteiger partial charge in [-0.25, -0.2) is 4.68 Å². The molecule has 0 fully saturated rings.